The highest BCUT2D eigenvalue weighted by molar-refractivity contribution is 5.24. The topological polar surface area (TPSA) is 81.3 Å². The van der Waals surface area contributed by atoms with Crippen molar-refractivity contribution in [1.29, 1.82) is 0 Å². The summed E-state index contributed by atoms with van der Waals surface area (Å²) >= 11 is 0. The first-order chi connectivity index (χ1) is 8.78. The summed E-state index contributed by atoms with van der Waals surface area (Å²) in [7, 11) is 0. The third kappa shape index (κ3) is 5.42. The molecule has 0 spiro atoms. The predicted molar refractivity (Wildman–Crippen MR) is 68.6 cm³/mol. The fraction of sp³-hybridized carbons (Fsp3) is 0.692. The lowest BCUT2D eigenvalue weighted by molar-refractivity contribution is 0.106. The Morgan fingerprint density at radius 1 is 1.28 bits per heavy atom. The number of aromatic nitrogens is 2. The normalized spacial score (nSPS) is 18.1. The van der Waals surface area contributed by atoms with Gasteiger partial charge in [0.1, 0.15) is 12.4 Å². The second kappa shape index (κ2) is 6.66. The van der Waals surface area contributed by atoms with E-state index in [0.717, 1.165) is 12.5 Å². The largest absolute Gasteiger partial charge is 0.396 e. The van der Waals surface area contributed by atoms with Crippen LogP contribution in [0.2, 0.25) is 0 Å². The van der Waals surface area contributed by atoms with Crippen molar-refractivity contribution in [1.82, 2.24) is 9.97 Å². The van der Waals surface area contributed by atoms with Crippen molar-refractivity contribution in [3.05, 3.63) is 18.1 Å². The monoisotopic (exact) mass is 251 g/mol. The molecule has 0 aliphatic heterocycles. The summed E-state index contributed by atoms with van der Waals surface area (Å²) in [6.45, 7) is 1.72. The molecule has 2 aliphatic carbocycles. The summed E-state index contributed by atoms with van der Waals surface area (Å²) in [6.07, 6.45) is 6.78. The van der Waals surface area contributed by atoms with Gasteiger partial charge in [0.2, 0.25) is 0 Å². The van der Waals surface area contributed by atoms with E-state index in [1.54, 1.807) is 12.3 Å². The van der Waals surface area contributed by atoms with E-state index in [-0.39, 0.29) is 0 Å². The maximum Gasteiger partial charge on any atom is 0.156 e. The molecule has 3 rings (SSSR count). The van der Waals surface area contributed by atoms with Crippen molar-refractivity contribution in [2.45, 2.75) is 32.3 Å². The van der Waals surface area contributed by atoms with Crippen molar-refractivity contribution in [2.75, 3.05) is 18.9 Å². The third-order valence-electron chi connectivity index (χ3n) is 2.96. The van der Waals surface area contributed by atoms with Crippen LogP contribution in [-0.2, 0) is 11.3 Å². The number of aliphatic hydroxyl groups is 1. The molecule has 0 radical (unpaired) electrons. The highest BCUT2D eigenvalue weighted by atomic mass is 16.5. The van der Waals surface area contributed by atoms with E-state index in [1.165, 1.54) is 25.7 Å². The van der Waals surface area contributed by atoms with Crippen LogP contribution >= 0.6 is 0 Å². The molecule has 2 aliphatic rings. The molecule has 0 amide bonds. The van der Waals surface area contributed by atoms with E-state index in [0.29, 0.717) is 30.8 Å². The average molecular weight is 251 g/mol. The molecular formula is C13H21N3O2. The van der Waals surface area contributed by atoms with E-state index >= 15 is 0 Å². The molecule has 2 saturated carbocycles. The molecule has 1 heterocycles. The van der Waals surface area contributed by atoms with Crippen LogP contribution in [0.3, 0.4) is 0 Å². The van der Waals surface area contributed by atoms with Gasteiger partial charge >= 0.3 is 0 Å². The molecule has 2 fully saturated rings. The van der Waals surface area contributed by atoms with Gasteiger partial charge in [0.25, 0.3) is 0 Å². The zero-order valence-corrected chi connectivity index (χ0v) is 10.6. The zero-order chi connectivity index (χ0) is 12.8. The molecule has 18 heavy (non-hydrogen) atoms. The minimum atomic E-state index is 0.417. The fourth-order valence-electron chi connectivity index (χ4n) is 1.39. The van der Waals surface area contributed by atoms with Crippen LogP contribution < -0.4 is 5.73 Å². The van der Waals surface area contributed by atoms with Gasteiger partial charge in [-0.1, -0.05) is 0 Å². The molecule has 0 aromatic carbocycles. The molecule has 0 atom stereocenters. The van der Waals surface area contributed by atoms with Gasteiger partial charge in [0.15, 0.2) is 5.82 Å². The summed E-state index contributed by atoms with van der Waals surface area (Å²) in [5.74, 6) is 2.64. The van der Waals surface area contributed by atoms with Crippen molar-refractivity contribution in [3.8, 4) is 0 Å². The van der Waals surface area contributed by atoms with Crippen LogP contribution in [0.25, 0.3) is 0 Å². The number of nitrogen functional groups attached to an aromatic ring is 1. The predicted octanol–water partition coefficient (Wildman–Crippen LogP) is 1.37. The van der Waals surface area contributed by atoms with Gasteiger partial charge < -0.3 is 15.6 Å². The lowest BCUT2D eigenvalue weighted by Crippen LogP contribution is -2.03. The number of hydrogen-bond donors (Lipinski definition) is 2. The Hall–Kier alpha value is -1.20. The minimum Gasteiger partial charge on any atom is -0.396 e. The lowest BCUT2D eigenvalue weighted by atomic mass is 10.5. The number of aliphatic hydroxyl groups excluding tert-OH is 1. The fourth-order valence-corrected chi connectivity index (χ4v) is 1.39. The molecule has 1 aromatic heterocycles. The van der Waals surface area contributed by atoms with E-state index in [9.17, 15) is 0 Å². The SMILES string of the molecule is Nc1ccnc(COCC2CC2)n1.OCC1CC1. The first kappa shape index (κ1) is 13.2. The first-order valence-corrected chi connectivity index (χ1v) is 6.54. The van der Waals surface area contributed by atoms with Gasteiger partial charge in [-0.25, -0.2) is 9.97 Å². The van der Waals surface area contributed by atoms with Gasteiger partial charge in [0.05, 0.1) is 0 Å². The van der Waals surface area contributed by atoms with Gasteiger partial charge in [-0.3, -0.25) is 0 Å². The summed E-state index contributed by atoms with van der Waals surface area (Å²) in [4.78, 5) is 8.07. The maximum absolute atomic E-state index is 8.21. The number of nitrogens with two attached hydrogens (primary N) is 1. The summed E-state index contributed by atoms with van der Waals surface area (Å²) < 4.78 is 5.42. The van der Waals surface area contributed by atoms with Crippen LogP contribution in [0.4, 0.5) is 5.82 Å². The number of ether oxygens (including phenoxy) is 1. The van der Waals surface area contributed by atoms with Crippen molar-refractivity contribution >= 4 is 5.82 Å². The van der Waals surface area contributed by atoms with Gasteiger partial charge in [-0.05, 0) is 43.6 Å². The zero-order valence-electron chi connectivity index (χ0n) is 10.6. The Morgan fingerprint density at radius 2 is 2.00 bits per heavy atom. The lowest BCUT2D eigenvalue weighted by Gasteiger charge is -2.01. The van der Waals surface area contributed by atoms with E-state index in [4.69, 9.17) is 15.6 Å². The summed E-state index contributed by atoms with van der Waals surface area (Å²) in [5.41, 5.74) is 5.50. The van der Waals surface area contributed by atoms with Crippen LogP contribution in [0.1, 0.15) is 31.5 Å². The molecule has 5 nitrogen and oxygen atoms in total. The Balaban J connectivity index is 0.000000202. The highest BCUT2D eigenvalue weighted by Crippen LogP contribution is 2.29. The van der Waals surface area contributed by atoms with Crippen LogP contribution in [0, 0.1) is 11.8 Å². The Bertz CT molecular complexity index is 365. The average Bonchev–Trinajstić information content (AvgIpc) is 3.25. The number of nitrogens with zero attached hydrogens (tertiary/aromatic N) is 2. The number of anilines is 1. The summed E-state index contributed by atoms with van der Waals surface area (Å²) in [5, 5.41) is 8.21. The minimum absolute atomic E-state index is 0.417. The molecule has 100 valence electrons. The molecular weight excluding hydrogens is 230 g/mol. The Kier molecular flexibility index (Phi) is 4.90. The van der Waals surface area contributed by atoms with Crippen molar-refractivity contribution in [3.63, 3.8) is 0 Å². The van der Waals surface area contributed by atoms with Crippen molar-refractivity contribution < 1.29 is 9.84 Å². The van der Waals surface area contributed by atoms with E-state index in [2.05, 4.69) is 9.97 Å². The Morgan fingerprint density at radius 3 is 2.50 bits per heavy atom. The van der Waals surface area contributed by atoms with Gasteiger partial charge in [-0.15, -0.1) is 0 Å². The molecule has 1 aromatic rings. The van der Waals surface area contributed by atoms with Gasteiger partial charge in [0, 0.05) is 19.4 Å². The van der Waals surface area contributed by atoms with Crippen molar-refractivity contribution in [2.24, 2.45) is 11.8 Å². The van der Waals surface area contributed by atoms with Crippen LogP contribution in [-0.4, -0.2) is 28.3 Å². The Labute approximate surface area is 107 Å². The van der Waals surface area contributed by atoms with Gasteiger partial charge in [-0.2, -0.15) is 0 Å². The van der Waals surface area contributed by atoms with E-state index < -0.39 is 0 Å². The second-order valence-electron chi connectivity index (χ2n) is 4.98. The molecule has 0 unspecified atom stereocenters. The highest BCUT2D eigenvalue weighted by Gasteiger charge is 2.21. The van der Waals surface area contributed by atoms with E-state index in [1.807, 2.05) is 0 Å². The molecule has 0 bridgehead atoms. The number of rotatable bonds is 5. The molecule has 0 saturated heterocycles. The van der Waals surface area contributed by atoms with Crippen LogP contribution in [0.5, 0.6) is 0 Å². The second-order valence-corrected chi connectivity index (χ2v) is 4.98. The third-order valence-corrected chi connectivity index (χ3v) is 2.96. The maximum atomic E-state index is 8.21. The van der Waals surface area contributed by atoms with Crippen LogP contribution in [0.15, 0.2) is 12.3 Å². The first-order valence-electron chi connectivity index (χ1n) is 6.54. The molecule has 3 N–H and O–H groups in total. The smallest absolute Gasteiger partial charge is 0.156 e. The summed E-state index contributed by atoms with van der Waals surface area (Å²) in [6, 6.07) is 1.67. The quantitative estimate of drug-likeness (QED) is 0.826. The number of hydrogen-bond acceptors (Lipinski definition) is 5. The standard InChI is InChI=1S/C9H13N3O.C4H8O/c10-8-3-4-11-9(12-8)6-13-5-7-1-2-7;5-3-4-1-2-4/h3-4,7H,1-2,5-6H2,(H2,10,11,12);4-5H,1-3H2. The molecule has 5 heteroatoms.